The number of carboxylic acid groups (broad SMARTS) is 2. The number of hydrogen-bond donors (Lipinski definition) is 4. The van der Waals surface area contributed by atoms with Crippen LogP contribution in [0.4, 0.5) is 9.59 Å². The van der Waals surface area contributed by atoms with Crippen molar-refractivity contribution in [3.63, 3.8) is 0 Å². The SMILES string of the molecule is O=C(O)CN1C(=O)NC(=O)[C@@H]2[C@H]3C(=O)NC(=O)N(CC(=O)O)[C@H]3[C@@H]21. The normalized spacial score (nSPS) is 31.5. The Bertz CT molecular complexity index is 601. The monoisotopic (exact) mass is 340 g/mol. The van der Waals surface area contributed by atoms with Gasteiger partial charge in [0.1, 0.15) is 13.1 Å². The van der Waals surface area contributed by atoms with Gasteiger partial charge in [-0.25, -0.2) is 9.59 Å². The van der Waals surface area contributed by atoms with Crippen LogP contribution in [-0.4, -0.2) is 81.0 Å². The van der Waals surface area contributed by atoms with E-state index in [-0.39, 0.29) is 0 Å². The molecule has 0 unspecified atom stereocenters. The van der Waals surface area contributed by atoms with Crippen LogP contribution in [0.15, 0.2) is 0 Å². The summed E-state index contributed by atoms with van der Waals surface area (Å²) < 4.78 is 0. The standard InChI is InChI=1S/C12H12N4O8/c17-3(18)1-15-7-5(9(21)13-11(15)23)6-8(7)16(2-4(19)20)12(24)14-10(6)22/h5-8H,1-2H2,(H,17,18)(H,19,20)(H,13,21,23)(H,14,22,24)/t5-,6-,7-,8-/m1/s1. The zero-order valence-corrected chi connectivity index (χ0v) is 12.0. The Labute approximate surface area is 133 Å². The van der Waals surface area contributed by atoms with Crippen molar-refractivity contribution in [2.75, 3.05) is 13.1 Å². The Morgan fingerprint density at radius 2 is 1.12 bits per heavy atom. The predicted octanol–water partition coefficient (Wildman–Crippen LogP) is -2.76. The van der Waals surface area contributed by atoms with Crippen LogP contribution < -0.4 is 10.6 Å². The third-order valence-corrected chi connectivity index (χ3v) is 4.39. The van der Waals surface area contributed by atoms with E-state index >= 15 is 0 Å². The number of nitrogens with one attached hydrogen (secondary N) is 2. The second-order valence-corrected chi connectivity index (χ2v) is 5.66. The van der Waals surface area contributed by atoms with E-state index in [0.29, 0.717) is 0 Å². The number of nitrogens with zero attached hydrogens (tertiary/aromatic N) is 2. The van der Waals surface area contributed by atoms with Gasteiger partial charge in [-0.3, -0.25) is 29.8 Å². The quantitative estimate of drug-likeness (QED) is 0.426. The number of urea groups is 2. The number of carboxylic acids is 2. The van der Waals surface area contributed by atoms with Gasteiger partial charge in [0.2, 0.25) is 11.8 Å². The lowest BCUT2D eigenvalue weighted by Crippen LogP contribution is -2.83. The largest absolute Gasteiger partial charge is 0.480 e. The summed E-state index contributed by atoms with van der Waals surface area (Å²) in [7, 11) is 0. The van der Waals surface area contributed by atoms with E-state index < -0.39 is 72.8 Å². The molecule has 0 aromatic heterocycles. The number of fused-ring (bicyclic) bond motifs is 4. The van der Waals surface area contributed by atoms with Crippen LogP contribution in [0.1, 0.15) is 0 Å². The molecule has 128 valence electrons. The predicted molar refractivity (Wildman–Crippen MR) is 70.3 cm³/mol. The number of hydrogen-bond acceptors (Lipinski definition) is 6. The van der Waals surface area contributed by atoms with Crippen molar-refractivity contribution >= 4 is 35.8 Å². The van der Waals surface area contributed by atoms with Crippen molar-refractivity contribution in [1.29, 1.82) is 0 Å². The molecule has 3 rings (SSSR count). The first-order valence-corrected chi connectivity index (χ1v) is 6.89. The van der Waals surface area contributed by atoms with Gasteiger partial charge in [0.15, 0.2) is 0 Å². The summed E-state index contributed by atoms with van der Waals surface area (Å²) in [5.41, 5.74) is 0. The first kappa shape index (κ1) is 15.7. The van der Waals surface area contributed by atoms with Crippen molar-refractivity contribution in [3.8, 4) is 0 Å². The van der Waals surface area contributed by atoms with Gasteiger partial charge in [0.25, 0.3) is 0 Å². The summed E-state index contributed by atoms with van der Waals surface area (Å²) in [6.45, 7) is -1.50. The van der Waals surface area contributed by atoms with Crippen LogP contribution in [0.5, 0.6) is 0 Å². The van der Waals surface area contributed by atoms with Gasteiger partial charge in [0, 0.05) is 0 Å². The van der Waals surface area contributed by atoms with Crippen molar-refractivity contribution in [1.82, 2.24) is 20.4 Å². The average molecular weight is 340 g/mol. The van der Waals surface area contributed by atoms with Crippen LogP contribution in [-0.2, 0) is 19.2 Å². The van der Waals surface area contributed by atoms with Gasteiger partial charge in [-0.1, -0.05) is 0 Å². The minimum Gasteiger partial charge on any atom is -0.480 e. The van der Waals surface area contributed by atoms with E-state index in [1.807, 2.05) is 10.6 Å². The zero-order valence-electron chi connectivity index (χ0n) is 12.0. The third kappa shape index (κ3) is 2.14. The summed E-state index contributed by atoms with van der Waals surface area (Å²) in [5, 5.41) is 21.8. The van der Waals surface area contributed by atoms with Crippen LogP contribution in [0.3, 0.4) is 0 Å². The highest BCUT2D eigenvalue weighted by atomic mass is 16.4. The van der Waals surface area contributed by atoms with Gasteiger partial charge >= 0.3 is 24.0 Å². The highest BCUT2D eigenvalue weighted by Crippen LogP contribution is 2.45. The van der Waals surface area contributed by atoms with Crippen LogP contribution in [0.2, 0.25) is 0 Å². The molecule has 2 heterocycles. The molecular weight excluding hydrogens is 328 g/mol. The zero-order chi connectivity index (χ0) is 17.8. The minimum absolute atomic E-state index is 0.750. The number of rotatable bonds is 4. The number of amides is 6. The molecule has 4 atom stereocenters. The molecule has 0 bridgehead atoms. The number of imide groups is 2. The Morgan fingerprint density at radius 1 is 0.792 bits per heavy atom. The second kappa shape index (κ2) is 5.18. The first-order valence-electron chi connectivity index (χ1n) is 6.89. The van der Waals surface area contributed by atoms with E-state index in [1.165, 1.54) is 0 Å². The molecule has 3 fully saturated rings. The Morgan fingerprint density at radius 3 is 1.42 bits per heavy atom. The number of carbonyl (C=O) groups excluding carboxylic acids is 4. The number of aliphatic carboxylic acids is 2. The molecule has 1 aliphatic carbocycles. The molecule has 2 saturated heterocycles. The second-order valence-electron chi connectivity index (χ2n) is 5.66. The van der Waals surface area contributed by atoms with E-state index in [0.717, 1.165) is 9.80 Å². The smallest absolute Gasteiger partial charge is 0.324 e. The van der Waals surface area contributed by atoms with E-state index in [2.05, 4.69) is 0 Å². The lowest BCUT2D eigenvalue weighted by molar-refractivity contribution is -0.167. The highest BCUT2D eigenvalue weighted by Gasteiger charge is 2.67. The molecule has 12 heteroatoms. The topological polar surface area (TPSA) is 173 Å². The molecule has 0 aromatic rings. The van der Waals surface area contributed by atoms with Crippen LogP contribution >= 0.6 is 0 Å². The Hall–Kier alpha value is -3.18. The maximum Gasteiger partial charge on any atom is 0.324 e. The fourth-order valence-corrected chi connectivity index (χ4v) is 3.53. The maximum absolute atomic E-state index is 12.0. The van der Waals surface area contributed by atoms with Gasteiger partial charge in [0.05, 0.1) is 23.9 Å². The van der Waals surface area contributed by atoms with E-state index in [9.17, 15) is 28.8 Å². The highest BCUT2D eigenvalue weighted by molar-refractivity contribution is 6.07. The summed E-state index contributed by atoms with van der Waals surface area (Å²) in [5.74, 6) is -6.30. The fraction of sp³-hybridized carbons (Fsp3) is 0.500. The maximum atomic E-state index is 12.0. The Kier molecular flexibility index (Phi) is 3.39. The number of carbonyl (C=O) groups is 6. The third-order valence-electron chi connectivity index (χ3n) is 4.39. The van der Waals surface area contributed by atoms with Crippen molar-refractivity contribution in [2.24, 2.45) is 11.8 Å². The van der Waals surface area contributed by atoms with Gasteiger partial charge in [-0.15, -0.1) is 0 Å². The Balaban J connectivity index is 1.98. The molecule has 0 aromatic carbocycles. The first-order chi connectivity index (χ1) is 11.2. The van der Waals surface area contributed by atoms with E-state index in [4.69, 9.17) is 10.2 Å². The molecule has 3 aliphatic rings. The molecule has 24 heavy (non-hydrogen) atoms. The van der Waals surface area contributed by atoms with Crippen molar-refractivity contribution in [2.45, 2.75) is 12.1 Å². The molecule has 0 radical (unpaired) electrons. The average Bonchev–Trinajstić information content (AvgIpc) is 2.40. The van der Waals surface area contributed by atoms with Gasteiger partial charge in [-0.05, 0) is 0 Å². The van der Waals surface area contributed by atoms with Gasteiger partial charge < -0.3 is 20.0 Å². The molecule has 4 N–H and O–H groups in total. The molecular formula is C12H12N4O8. The molecule has 0 spiro atoms. The van der Waals surface area contributed by atoms with Crippen LogP contribution in [0.25, 0.3) is 0 Å². The van der Waals surface area contributed by atoms with Crippen molar-refractivity contribution in [3.05, 3.63) is 0 Å². The van der Waals surface area contributed by atoms with Gasteiger partial charge in [-0.2, -0.15) is 0 Å². The fourth-order valence-electron chi connectivity index (χ4n) is 3.53. The molecule has 1 saturated carbocycles. The van der Waals surface area contributed by atoms with Crippen molar-refractivity contribution < 1.29 is 39.0 Å². The molecule has 12 nitrogen and oxygen atoms in total. The van der Waals surface area contributed by atoms with E-state index in [1.54, 1.807) is 0 Å². The van der Waals surface area contributed by atoms with Crippen LogP contribution in [0, 0.1) is 11.8 Å². The summed E-state index contributed by atoms with van der Waals surface area (Å²) in [4.78, 5) is 71.4. The lowest BCUT2D eigenvalue weighted by Gasteiger charge is -2.60. The molecule has 2 aliphatic heterocycles. The summed E-state index contributed by atoms with van der Waals surface area (Å²) >= 11 is 0. The summed E-state index contributed by atoms with van der Waals surface area (Å²) in [6.07, 6.45) is 0. The molecule has 6 amide bonds. The minimum atomic E-state index is -1.35. The lowest BCUT2D eigenvalue weighted by atomic mass is 9.61. The summed E-state index contributed by atoms with van der Waals surface area (Å²) in [6, 6.07) is -4.06.